The highest BCUT2D eigenvalue weighted by molar-refractivity contribution is 5.49. The number of hydrogen-bond acceptors (Lipinski definition) is 5. The van der Waals surface area contributed by atoms with E-state index in [2.05, 4.69) is 27.1 Å². The van der Waals surface area contributed by atoms with Crippen LogP contribution in [0.1, 0.15) is 32.6 Å². The van der Waals surface area contributed by atoms with E-state index in [4.69, 9.17) is 5.73 Å². The van der Waals surface area contributed by atoms with Crippen molar-refractivity contribution in [2.45, 2.75) is 38.6 Å². The second-order valence-corrected chi connectivity index (χ2v) is 4.77. The fourth-order valence-corrected chi connectivity index (χ4v) is 2.38. The van der Waals surface area contributed by atoms with Crippen LogP contribution in [0.25, 0.3) is 0 Å². The third kappa shape index (κ3) is 3.10. The molecular formula is C13H23N5. The van der Waals surface area contributed by atoms with E-state index in [0.29, 0.717) is 12.6 Å². The maximum atomic E-state index is 5.80. The van der Waals surface area contributed by atoms with Gasteiger partial charge in [0, 0.05) is 31.7 Å². The van der Waals surface area contributed by atoms with E-state index in [-0.39, 0.29) is 0 Å². The van der Waals surface area contributed by atoms with E-state index in [0.717, 1.165) is 31.1 Å². The summed E-state index contributed by atoms with van der Waals surface area (Å²) in [5.41, 5.74) is 5.80. The van der Waals surface area contributed by atoms with Crippen molar-refractivity contribution in [3.05, 3.63) is 12.4 Å². The summed E-state index contributed by atoms with van der Waals surface area (Å²) in [5.74, 6) is 1.91. The molecule has 0 saturated carbocycles. The molecule has 1 aliphatic rings. The van der Waals surface area contributed by atoms with Gasteiger partial charge in [-0.15, -0.1) is 0 Å². The maximum Gasteiger partial charge on any atom is 0.134 e. The molecule has 0 aromatic carbocycles. The lowest BCUT2D eigenvalue weighted by atomic mass is 10.2. The molecule has 1 atom stereocenters. The van der Waals surface area contributed by atoms with Gasteiger partial charge >= 0.3 is 0 Å². The summed E-state index contributed by atoms with van der Waals surface area (Å²) in [6.07, 6.45) is 6.35. The monoisotopic (exact) mass is 249 g/mol. The van der Waals surface area contributed by atoms with Gasteiger partial charge in [0.15, 0.2) is 0 Å². The van der Waals surface area contributed by atoms with Crippen LogP contribution in [0.3, 0.4) is 0 Å². The Morgan fingerprint density at radius 3 is 3.17 bits per heavy atom. The van der Waals surface area contributed by atoms with Gasteiger partial charge < -0.3 is 16.0 Å². The molecule has 1 aromatic rings. The molecule has 0 bridgehead atoms. The van der Waals surface area contributed by atoms with Gasteiger partial charge in [-0.25, -0.2) is 9.97 Å². The number of nitrogens with one attached hydrogen (secondary N) is 1. The Bertz CT molecular complexity index is 368. The van der Waals surface area contributed by atoms with Gasteiger partial charge in [0.2, 0.25) is 0 Å². The lowest BCUT2D eigenvalue weighted by Crippen LogP contribution is -2.35. The van der Waals surface area contributed by atoms with Crippen molar-refractivity contribution in [2.75, 3.05) is 29.9 Å². The molecule has 2 heterocycles. The zero-order chi connectivity index (χ0) is 12.8. The van der Waals surface area contributed by atoms with Crippen LogP contribution in [-0.4, -0.2) is 35.6 Å². The molecule has 1 aliphatic heterocycles. The zero-order valence-electron chi connectivity index (χ0n) is 11.1. The first-order valence-corrected chi connectivity index (χ1v) is 6.87. The summed E-state index contributed by atoms with van der Waals surface area (Å²) in [4.78, 5) is 10.9. The zero-order valence-corrected chi connectivity index (χ0v) is 11.1. The van der Waals surface area contributed by atoms with Crippen LogP contribution in [0.2, 0.25) is 0 Å². The summed E-state index contributed by atoms with van der Waals surface area (Å²) in [6, 6.07) is 2.47. The van der Waals surface area contributed by atoms with Crippen LogP contribution in [0.4, 0.5) is 11.6 Å². The van der Waals surface area contributed by atoms with Gasteiger partial charge in [-0.1, -0.05) is 13.3 Å². The summed E-state index contributed by atoms with van der Waals surface area (Å²) in [7, 11) is 0. The fourth-order valence-electron chi connectivity index (χ4n) is 2.38. The van der Waals surface area contributed by atoms with Crippen molar-refractivity contribution in [1.29, 1.82) is 0 Å². The van der Waals surface area contributed by atoms with Crippen LogP contribution in [-0.2, 0) is 0 Å². The lowest BCUT2D eigenvalue weighted by Gasteiger charge is -2.24. The number of unbranched alkanes of at least 4 members (excludes halogenated alkanes) is 1. The van der Waals surface area contributed by atoms with E-state index in [1.54, 1.807) is 6.33 Å². The molecule has 2 rings (SSSR count). The Balaban J connectivity index is 2.02. The SMILES string of the molecule is CCCCNc1cc(N2CCCC2CN)ncn1. The predicted octanol–water partition coefficient (Wildman–Crippen LogP) is 1.62. The largest absolute Gasteiger partial charge is 0.370 e. The van der Waals surface area contributed by atoms with Crippen LogP contribution < -0.4 is 16.0 Å². The normalized spacial score (nSPS) is 19.2. The Kier molecular flexibility index (Phi) is 4.75. The number of aromatic nitrogens is 2. The van der Waals surface area contributed by atoms with Crippen molar-refractivity contribution in [1.82, 2.24) is 9.97 Å². The summed E-state index contributed by atoms with van der Waals surface area (Å²) in [5, 5.41) is 3.33. The summed E-state index contributed by atoms with van der Waals surface area (Å²) < 4.78 is 0. The highest BCUT2D eigenvalue weighted by Crippen LogP contribution is 2.24. The molecule has 5 heteroatoms. The van der Waals surface area contributed by atoms with Crippen LogP contribution in [0, 0.1) is 0 Å². The van der Waals surface area contributed by atoms with Gasteiger partial charge in [-0.3, -0.25) is 0 Å². The van der Waals surface area contributed by atoms with E-state index in [1.807, 2.05) is 6.07 Å². The molecular weight excluding hydrogens is 226 g/mol. The maximum absolute atomic E-state index is 5.80. The molecule has 100 valence electrons. The Morgan fingerprint density at radius 2 is 2.39 bits per heavy atom. The van der Waals surface area contributed by atoms with Crippen LogP contribution in [0.15, 0.2) is 12.4 Å². The average Bonchev–Trinajstić information content (AvgIpc) is 2.88. The number of anilines is 2. The number of hydrogen-bond donors (Lipinski definition) is 2. The molecule has 0 radical (unpaired) electrons. The van der Waals surface area contributed by atoms with Gasteiger partial charge in [-0.2, -0.15) is 0 Å². The molecule has 0 spiro atoms. The minimum Gasteiger partial charge on any atom is -0.370 e. The third-order valence-electron chi connectivity index (χ3n) is 3.43. The highest BCUT2D eigenvalue weighted by atomic mass is 15.2. The van der Waals surface area contributed by atoms with Gasteiger partial charge in [0.25, 0.3) is 0 Å². The second kappa shape index (κ2) is 6.54. The van der Waals surface area contributed by atoms with Crippen molar-refractivity contribution in [3.63, 3.8) is 0 Å². The molecule has 3 N–H and O–H groups in total. The third-order valence-corrected chi connectivity index (χ3v) is 3.43. The van der Waals surface area contributed by atoms with E-state index in [9.17, 15) is 0 Å². The standard InChI is InChI=1S/C13H23N5/c1-2-3-6-15-12-8-13(17-10-16-12)18-7-4-5-11(18)9-14/h8,10-11H,2-7,9,14H2,1H3,(H,15,16,17). The first kappa shape index (κ1) is 13.1. The summed E-state index contributed by atoms with van der Waals surface area (Å²) >= 11 is 0. The summed E-state index contributed by atoms with van der Waals surface area (Å²) in [6.45, 7) is 4.90. The Morgan fingerprint density at radius 1 is 1.50 bits per heavy atom. The average molecular weight is 249 g/mol. The number of nitrogens with two attached hydrogens (primary N) is 1. The molecule has 0 aliphatic carbocycles. The Labute approximate surface area is 109 Å². The van der Waals surface area contributed by atoms with E-state index in [1.165, 1.54) is 19.3 Å². The molecule has 1 fully saturated rings. The van der Waals surface area contributed by atoms with E-state index >= 15 is 0 Å². The second-order valence-electron chi connectivity index (χ2n) is 4.77. The Hall–Kier alpha value is -1.36. The minimum absolute atomic E-state index is 0.434. The highest BCUT2D eigenvalue weighted by Gasteiger charge is 2.24. The quantitative estimate of drug-likeness (QED) is 0.750. The fraction of sp³-hybridized carbons (Fsp3) is 0.692. The molecule has 1 unspecified atom stereocenters. The first-order chi connectivity index (χ1) is 8.85. The molecule has 1 saturated heterocycles. The molecule has 0 amide bonds. The van der Waals surface area contributed by atoms with Crippen molar-refractivity contribution < 1.29 is 0 Å². The van der Waals surface area contributed by atoms with Crippen molar-refractivity contribution in [2.24, 2.45) is 5.73 Å². The van der Waals surface area contributed by atoms with Gasteiger partial charge in [-0.05, 0) is 19.3 Å². The predicted molar refractivity (Wildman–Crippen MR) is 74.9 cm³/mol. The van der Waals surface area contributed by atoms with Crippen LogP contribution in [0.5, 0.6) is 0 Å². The topological polar surface area (TPSA) is 67.1 Å². The number of rotatable bonds is 6. The van der Waals surface area contributed by atoms with Crippen molar-refractivity contribution >= 4 is 11.6 Å². The molecule has 18 heavy (non-hydrogen) atoms. The van der Waals surface area contributed by atoms with Crippen molar-refractivity contribution in [3.8, 4) is 0 Å². The first-order valence-electron chi connectivity index (χ1n) is 6.87. The van der Waals surface area contributed by atoms with Crippen LogP contribution >= 0.6 is 0 Å². The number of nitrogens with zero attached hydrogens (tertiary/aromatic N) is 3. The van der Waals surface area contributed by atoms with Gasteiger partial charge in [0.1, 0.15) is 18.0 Å². The smallest absolute Gasteiger partial charge is 0.134 e. The minimum atomic E-state index is 0.434. The lowest BCUT2D eigenvalue weighted by molar-refractivity contribution is 0.671. The molecule has 5 nitrogen and oxygen atoms in total. The van der Waals surface area contributed by atoms with Gasteiger partial charge in [0.05, 0.1) is 0 Å². The molecule has 1 aromatic heterocycles. The van der Waals surface area contributed by atoms with E-state index < -0.39 is 0 Å².